The fourth-order valence-corrected chi connectivity index (χ4v) is 3.99. The summed E-state index contributed by atoms with van der Waals surface area (Å²) in [5, 5.41) is 12.6. The van der Waals surface area contributed by atoms with Gasteiger partial charge in [-0.2, -0.15) is 0 Å². The molecule has 0 fully saturated rings. The largest absolute Gasteiger partial charge is 0.478 e. The quantitative estimate of drug-likeness (QED) is 0.623. The van der Waals surface area contributed by atoms with Gasteiger partial charge < -0.3 is 15.3 Å². The van der Waals surface area contributed by atoms with Gasteiger partial charge in [0.1, 0.15) is 0 Å². The first-order valence-corrected chi connectivity index (χ1v) is 9.87. The summed E-state index contributed by atoms with van der Waals surface area (Å²) in [6.07, 6.45) is 5.18. The van der Waals surface area contributed by atoms with Crippen LogP contribution in [0.25, 0.3) is 0 Å². The molecule has 1 heterocycles. The van der Waals surface area contributed by atoms with E-state index in [0.29, 0.717) is 18.2 Å². The molecule has 2 aromatic carbocycles. The number of carbonyl (C=O) groups is 1. The van der Waals surface area contributed by atoms with Crippen molar-refractivity contribution in [2.24, 2.45) is 0 Å². The highest BCUT2D eigenvalue weighted by Crippen LogP contribution is 2.36. The lowest BCUT2D eigenvalue weighted by Crippen LogP contribution is -2.13. The van der Waals surface area contributed by atoms with Crippen molar-refractivity contribution >= 4 is 23.0 Å². The molecule has 4 rings (SSSR count). The summed E-state index contributed by atoms with van der Waals surface area (Å²) >= 11 is 0. The lowest BCUT2D eigenvalue weighted by atomic mass is 10.0. The molecule has 3 aromatic rings. The summed E-state index contributed by atoms with van der Waals surface area (Å²) in [6, 6.07) is 16.7. The fraction of sp³-hybridized carbons (Fsp3) is 0.250. The van der Waals surface area contributed by atoms with Gasteiger partial charge >= 0.3 is 5.97 Å². The van der Waals surface area contributed by atoms with Crippen LogP contribution in [-0.2, 0) is 6.42 Å². The van der Waals surface area contributed by atoms with Crippen LogP contribution < -0.4 is 10.2 Å². The number of rotatable bonds is 6. The first-order valence-electron chi connectivity index (χ1n) is 9.87. The van der Waals surface area contributed by atoms with Gasteiger partial charge in [0, 0.05) is 37.1 Å². The van der Waals surface area contributed by atoms with Crippen molar-refractivity contribution in [2.45, 2.75) is 25.7 Å². The average Bonchev–Trinajstić information content (AvgIpc) is 3.14. The zero-order chi connectivity index (χ0) is 20.4. The maximum atomic E-state index is 11.4. The molecule has 0 aliphatic heterocycles. The number of pyridine rings is 1. The number of nitrogens with one attached hydrogen (secondary N) is 1. The number of benzene rings is 2. The first kappa shape index (κ1) is 19.0. The number of fused-ring (bicyclic) bond motifs is 1. The predicted octanol–water partition coefficient (Wildman–Crippen LogP) is 5.00. The van der Waals surface area contributed by atoms with Crippen molar-refractivity contribution in [2.75, 3.05) is 23.8 Å². The number of carboxylic acid groups (broad SMARTS) is 1. The van der Waals surface area contributed by atoms with Gasteiger partial charge in [-0.1, -0.05) is 23.8 Å². The fourth-order valence-electron chi connectivity index (χ4n) is 3.99. The number of hydrogen-bond acceptors (Lipinski definition) is 4. The minimum Gasteiger partial charge on any atom is -0.478 e. The summed E-state index contributed by atoms with van der Waals surface area (Å²) < 4.78 is 0. The zero-order valence-corrected chi connectivity index (χ0v) is 16.7. The third kappa shape index (κ3) is 3.94. The van der Waals surface area contributed by atoms with Crippen LogP contribution in [0.4, 0.5) is 17.1 Å². The van der Waals surface area contributed by atoms with E-state index in [0.717, 1.165) is 12.8 Å². The van der Waals surface area contributed by atoms with Crippen LogP contribution in [-0.4, -0.2) is 29.7 Å². The normalized spacial score (nSPS) is 15.0. The highest BCUT2D eigenvalue weighted by atomic mass is 16.4. The minimum atomic E-state index is -0.939. The Kier molecular flexibility index (Phi) is 5.21. The van der Waals surface area contributed by atoms with Crippen LogP contribution >= 0.6 is 0 Å². The van der Waals surface area contributed by atoms with Crippen LogP contribution in [0, 0.1) is 6.92 Å². The summed E-state index contributed by atoms with van der Waals surface area (Å²) in [5.74, 6) is -0.573. The second-order valence-electron chi connectivity index (χ2n) is 7.62. The number of aryl methyl sites for hydroxylation is 2. The summed E-state index contributed by atoms with van der Waals surface area (Å²) in [4.78, 5) is 17.6. The predicted molar refractivity (Wildman–Crippen MR) is 116 cm³/mol. The number of nitrogens with zero attached hydrogens (tertiary/aromatic N) is 2. The molecular formula is C24H25N3O2. The Morgan fingerprint density at radius 3 is 2.69 bits per heavy atom. The van der Waals surface area contributed by atoms with E-state index in [2.05, 4.69) is 71.6 Å². The number of anilines is 3. The molecule has 0 saturated heterocycles. The monoisotopic (exact) mass is 387 g/mol. The molecule has 1 aliphatic carbocycles. The molecule has 0 amide bonds. The molecule has 0 spiro atoms. The van der Waals surface area contributed by atoms with E-state index in [1.807, 2.05) is 0 Å². The molecule has 1 aromatic heterocycles. The van der Waals surface area contributed by atoms with Crippen molar-refractivity contribution in [3.8, 4) is 0 Å². The maximum absolute atomic E-state index is 11.4. The summed E-state index contributed by atoms with van der Waals surface area (Å²) in [5.41, 5.74) is 7.16. The molecule has 0 bridgehead atoms. The molecule has 1 unspecified atom stereocenters. The molecule has 5 heteroatoms. The Labute approximate surface area is 171 Å². The Bertz CT molecular complexity index is 1030. The molecular weight excluding hydrogens is 362 g/mol. The lowest BCUT2D eigenvalue weighted by molar-refractivity contribution is 0.0698. The third-order valence-corrected chi connectivity index (χ3v) is 5.73. The van der Waals surface area contributed by atoms with E-state index in [9.17, 15) is 9.90 Å². The van der Waals surface area contributed by atoms with E-state index in [1.54, 1.807) is 6.20 Å². The van der Waals surface area contributed by atoms with Gasteiger partial charge in [-0.15, -0.1) is 0 Å². The van der Waals surface area contributed by atoms with Crippen molar-refractivity contribution in [1.82, 2.24) is 4.98 Å². The second kappa shape index (κ2) is 7.95. The van der Waals surface area contributed by atoms with E-state index < -0.39 is 5.97 Å². The number of hydrogen-bond donors (Lipinski definition) is 2. The Morgan fingerprint density at radius 1 is 1.17 bits per heavy atom. The number of aromatic carboxylic acids is 1. The lowest BCUT2D eigenvalue weighted by Gasteiger charge is -2.21. The average molecular weight is 387 g/mol. The second-order valence-corrected chi connectivity index (χ2v) is 7.62. The standard InChI is InChI=1S/C24H25N3O2/c1-16-3-7-19(8-4-16)27(2)20-9-10-21-17(13-20)5-6-18(21)14-26-23-15-25-12-11-22(23)24(28)29/h3-4,7-13,15,18,26H,5-6,14H2,1-2H3,(H,28,29). The summed E-state index contributed by atoms with van der Waals surface area (Å²) in [7, 11) is 2.09. The van der Waals surface area contributed by atoms with E-state index in [4.69, 9.17) is 0 Å². The Hall–Kier alpha value is -3.34. The molecule has 0 radical (unpaired) electrons. The molecule has 2 N–H and O–H groups in total. The van der Waals surface area contributed by atoms with Gasteiger partial charge in [-0.3, -0.25) is 4.98 Å². The number of aromatic nitrogens is 1. The molecule has 0 saturated carbocycles. The van der Waals surface area contributed by atoms with Crippen molar-refractivity contribution in [1.29, 1.82) is 0 Å². The van der Waals surface area contributed by atoms with Gasteiger partial charge in [-0.05, 0) is 61.2 Å². The van der Waals surface area contributed by atoms with Crippen LogP contribution in [0.5, 0.6) is 0 Å². The van der Waals surface area contributed by atoms with Gasteiger partial charge in [-0.25, -0.2) is 4.79 Å². The van der Waals surface area contributed by atoms with Gasteiger partial charge in [0.05, 0.1) is 17.4 Å². The molecule has 1 atom stereocenters. The van der Waals surface area contributed by atoms with E-state index in [-0.39, 0.29) is 5.56 Å². The third-order valence-electron chi connectivity index (χ3n) is 5.73. The van der Waals surface area contributed by atoms with Crippen LogP contribution in [0.15, 0.2) is 60.9 Å². The molecule has 29 heavy (non-hydrogen) atoms. The van der Waals surface area contributed by atoms with Gasteiger partial charge in [0.15, 0.2) is 0 Å². The summed E-state index contributed by atoms with van der Waals surface area (Å²) in [6.45, 7) is 2.80. The van der Waals surface area contributed by atoms with Crippen molar-refractivity contribution in [3.63, 3.8) is 0 Å². The van der Waals surface area contributed by atoms with Crippen LogP contribution in [0.3, 0.4) is 0 Å². The topological polar surface area (TPSA) is 65.5 Å². The van der Waals surface area contributed by atoms with Crippen LogP contribution in [0.2, 0.25) is 0 Å². The number of carboxylic acids is 1. The molecule has 148 valence electrons. The van der Waals surface area contributed by atoms with Gasteiger partial charge in [0.25, 0.3) is 0 Å². The van der Waals surface area contributed by atoms with Gasteiger partial charge in [0.2, 0.25) is 0 Å². The first-order chi connectivity index (χ1) is 14.0. The molecule has 5 nitrogen and oxygen atoms in total. The SMILES string of the molecule is Cc1ccc(N(C)c2ccc3c(c2)CCC3CNc2cnccc2C(=O)O)cc1. The Morgan fingerprint density at radius 2 is 1.93 bits per heavy atom. The zero-order valence-electron chi connectivity index (χ0n) is 16.7. The van der Waals surface area contributed by atoms with E-state index >= 15 is 0 Å². The minimum absolute atomic E-state index is 0.258. The van der Waals surface area contributed by atoms with Crippen molar-refractivity contribution < 1.29 is 9.90 Å². The smallest absolute Gasteiger partial charge is 0.337 e. The maximum Gasteiger partial charge on any atom is 0.337 e. The van der Waals surface area contributed by atoms with E-state index in [1.165, 1.54) is 40.3 Å². The Balaban J connectivity index is 1.49. The molecule has 1 aliphatic rings. The van der Waals surface area contributed by atoms with Crippen LogP contribution in [0.1, 0.15) is 39.4 Å². The van der Waals surface area contributed by atoms with Crippen molar-refractivity contribution in [3.05, 3.63) is 83.2 Å². The highest BCUT2D eigenvalue weighted by Gasteiger charge is 2.23. The highest BCUT2D eigenvalue weighted by molar-refractivity contribution is 5.93.